The van der Waals surface area contributed by atoms with E-state index in [1.165, 1.54) is 10.6 Å². The topological polar surface area (TPSA) is 52.6 Å². The van der Waals surface area contributed by atoms with E-state index in [0.717, 1.165) is 43.4 Å². The molecule has 0 bridgehead atoms. The zero-order chi connectivity index (χ0) is 17.5. The van der Waals surface area contributed by atoms with Crippen LogP contribution in [0, 0.1) is 6.92 Å². The van der Waals surface area contributed by atoms with E-state index in [9.17, 15) is 0 Å². The van der Waals surface area contributed by atoms with Crippen molar-refractivity contribution in [3.8, 4) is 0 Å². The lowest BCUT2D eigenvalue weighted by molar-refractivity contribution is 0.461. The molecule has 1 aliphatic heterocycles. The summed E-state index contributed by atoms with van der Waals surface area (Å²) in [5, 5.41) is 8.01. The number of aryl methyl sites for hydroxylation is 1. The third-order valence-corrected chi connectivity index (χ3v) is 5.24. The van der Waals surface area contributed by atoms with Gasteiger partial charge in [0.15, 0.2) is 5.96 Å². The van der Waals surface area contributed by atoms with Crippen LogP contribution in [0.2, 0.25) is 0 Å². The van der Waals surface area contributed by atoms with Gasteiger partial charge < -0.3 is 15.5 Å². The Morgan fingerprint density at radius 2 is 2.00 bits per heavy atom. The highest BCUT2D eigenvalue weighted by atomic mass is 127. The molecule has 1 fully saturated rings. The predicted molar refractivity (Wildman–Crippen MR) is 122 cm³/mol. The van der Waals surface area contributed by atoms with Gasteiger partial charge in [-0.1, -0.05) is 18.2 Å². The minimum Gasteiger partial charge on any atom is -0.371 e. The number of piperidine rings is 1. The molecule has 0 unspecified atom stereocenters. The molecule has 142 valence electrons. The lowest BCUT2D eigenvalue weighted by atomic mass is 10.0. The Hall–Kier alpha value is -1.35. The number of thiazole rings is 1. The molecule has 0 spiro atoms. The molecule has 1 aromatic carbocycles. The lowest BCUT2D eigenvalue weighted by Gasteiger charge is -2.34. The first kappa shape index (κ1) is 21.0. The minimum atomic E-state index is 0. The molecular weight excluding hydrogens is 457 g/mol. The lowest BCUT2D eigenvalue weighted by Crippen LogP contribution is -2.48. The number of halogens is 1. The standard InChI is InChI=1S/C19H27N5S.HI/c1-3-20-19(22-14-18-21-13-15(2)25-18)23-16-9-11-24(12-10-16)17-7-5-4-6-8-17;/h4-8,13,16H,3,9-12,14H2,1-2H3,(H2,20,22,23);1H. The summed E-state index contributed by atoms with van der Waals surface area (Å²) < 4.78 is 0. The van der Waals surface area contributed by atoms with Crippen LogP contribution in [-0.2, 0) is 6.54 Å². The van der Waals surface area contributed by atoms with E-state index in [1.54, 1.807) is 11.3 Å². The number of para-hydroxylation sites is 1. The Bertz CT molecular complexity index is 680. The highest BCUT2D eigenvalue weighted by Crippen LogP contribution is 2.19. The maximum atomic E-state index is 4.70. The number of anilines is 1. The predicted octanol–water partition coefficient (Wildman–Crippen LogP) is 3.79. The SMILES string of the molecule is CCNC(=NCc1ncc(C)s1)NC1CCN(c2ccccc2)CC1.I. The summed E-state index contributed by atoms with van der Waals surface area (Å²) in [4.78, 5) is 12.8. The van der Waals surface area contributed by atoms with Gasteiger partial charge in [0.25, 0.3) is 0 Å². The zero-order valence-electron chi connectivity index (χ0n) is 15.4. The largest absolute Gasteiger partial charge is 0.371 e. The third-order valence-electron chi connectivity index (χ3n) is 4.34. The first-order valence-corrected chi connectivity index (χ1v) is 9.82. The van der Waals surface area contributed by atoms with Gasteiger partial charge in [-0.3, -0.25) is 0 Å². The van der Waals surface area contributed by atoms with E-state index in [2.05, 4.69) is 64.7 Å². The number of benzene rings is 1. The van der Waals surface area contributed by atoms with Crippen molar-refractivity contribution in [3.05, 3.63) is 46.4 Å². The number of rotatable bonds is 5. The molecule has 0 aliphatic carbocycles. The average Bonchev–Trinajstić information content (AvgIpc) is 3.07. The second-order valence-electron chi connectivity index (χ2n) is 6.30. The van der Waals surface area contributed by atoms with Crippen LogP contribution in [0.4, 0.5) is 5.69 Å². The maximum absolute atomic E-state index is 4.70. The van der Waals surface area contributed by atoms with E-state index >= 15 is 0 Å². The van der Waals surface area contributed by atoms with Gasteiger partial charge in [-0.2, -0.15) is 0 Å². The van der Waals surface area contributed by atoms with Crippen LogP contribution >= 0.6 is 35.3 Å². The molecule has 1 saturated heterocycles. The van der Waals surface area contributed by atoms with Gasteiger partial charge >= 0.3 is 0 Å². The molecule has 0 atom stereocenters. The van der Waals surface area contributed by atoms with Crippen molar-refractivity contribution in [1.29, 1.82) is 0 Å². The molecule has 26 heavy (non-hydrogen) atoms. The monoisotopic (exact) mass is 485 g/mol. The maximum Gasteiger partial charge on any atom is 0.191 e. The van der Waals surface area contributed by atoms with Crippen LogP contribution in [0.1, 0.15) is 29.7 Å². The molecule has 0 saturated carbocycles. The second-order valence-corrected chi connectivity index (χ2v) is 7.62. The van der Waals surface area contributed by atoms with Crippen LogP contribution in [0.25, 0.3) is 0 Å². The number of guanidine groups is 1. The molecule has 1 aromatic heterocycles. The van der Waals surface area contributed by atoms with Crippen LogP contribution in [0.5, 0.6) is 0 Å². The van der Waals surface area contributed by atoms with Crippen LogP contribution in [0.15, 0.2) is 41.5 Å². The first-order valence-electron chi connectivity index (χ1n) is 9.00. The van der Waals surface area contributed by atoms with Crippen LogP contribution < -0.4 is 15.5 Å². The third kappa shape index (κ3) is 6.12. The second kappa shape index (κ2) is 10.7. The zero-order valence-corrected chi connectivity index (χ0v) is 18.6. The summed E-state index contributed by atoms with van der Waals surface area (Å²) in [6.45, 7) is 7.83. The Balaban J connectivity index is 0.00000243. The smallest absolute Gasteiger partial charge is 0.191 e. The Labute approximate surface area is 177 Å². The molecule has 2 aromatic rings. The van der Waals surface area contributed by atoms with Crippen molar-refractivity contribution < 1.29 is 0 Å². The molecule has 0 radical (unpaired) electrons. The van der Waals surface area contributed by atoms with Crippen molar-refractivity contribution in [1.82, 2.24) is 15.6 Å². The van der Waals surface area contributed by atoms with Gasteiger partial charge in [0.05, 0.1) is 6.54 Å². The van der Waals surface area contributed by atoms with Crippen molar-refractivity contribution >= 4 is 47.0 Å². The van der Waals surface area contributed by atoms with Gasteiger partial charge in [-0.15, -0.1) is 35.3 Å². The van der Waals surface area contributed by atoms with Gasteiger partial charge in [-0.25, -0.2) is 9.98 Å². The van der Waals surface area contributed by atoms with Gasteiger partial charge in [0, 0.05) is 42.4 Å². The van der Waals surface area contributed by atoms with Crippen molar-refractivity contribution in [2.75, 3.05) is 24.5 Å². The van der Waals surface area contributed by atoms with Crippen LogP contribution in [0.3, 0.4) is 0 Å². The average molecular weight is 485 g/mol. The minimum absolute atomic E-state index is 0. The highest BCUT2D eigenvalue weighted by molar-refractivity contribution is 14.0. The molecule has 5 nitrogen and oxygen atoms in total. The normalized spacial score (nSPS) is 15.5. The van der Waals surface area contributed by atoms with Gasteiger partial charge in [0.2, 0.25) is 0 Å². The molecule has 2 heterocycles. The molecule has 3 rings (SSSR count). The highest BCUT2D eigenvalue weighted by Gasteiger charge is 2.20. The number of nitrogens with one attached hydrogen (secondary N) is 2. The van der Waals surface area contributed by atoms with Crippen molar-refractivity contribution in [2.24, 2.45) is 4.99 Å². The molecule has 7 heteroatoms. The molecular formula is C19H28IN5S. The summed E-state index contributed by atoms with van der Waals surface area (Å²) in [5.41, 5.74) is 1.32. The molecule has 0 amide bonds. The van der Waals surface area contributed by atoms with Gasteiger partial charge in [-0.05, 0) is 38.8 Å². The Morgan fingerprint density at radius 3 is 2.62 bits per heavy atom. The fourth-order valence-electron chi connectivity index (χ4n) is 3.06. The number of hydrogen-bond donors (Lipinski definition) is 2. The number of hydrogen-bond acceptors (Lipinski definition) is 4. The van der Waals surface area contributed by atoms with Crippen molar-refractivity contribution in [3.63, 3.8) is 0 Å². The van der Waals surface area contributed by atoms with E-state index < -0.39 is 0 Å². The summed E-state index contributed by atoms with van der Waals surface area (Å²) >= 11 is 1.71. The van der Waals surface area contributed by atoms with E-state index in [0.29, 0.717) is 12.6 Å². The van der Waals surface area contributed by atoms with E-state index in [1.807, 2.05) is 6.20 Å². The van der Waals surface area contributed by atoms with E-state index in [4.69, 9.17) is 4.99 Å². The van der Waals surface area contributed by atoms with E-state index in [-0.39, 0.29) is 24.0 Å². The van der Waals surface area contributed by atoms with Crippen LogP contribution in [-0.4, -0.2) is 36.6 Å². The summed E-state index contributed by atoms with van der Waals surface area (Å²) in [5.74, 6) is 0.897. The number of aromatic nitrogens is 1. The quantitative estimate of drug-likeness (QED) is 0.385. The first-order chi connectivity index (χ1) is 12.2. The Kier molecular flexibility index (Phi) is 8.64. The number of aliphatic imine (C=N–C) groups is 1. The van der Waals surface area contributed by atoms with Gasteiger partial charge in [0.1, 0.15) is 5.01 Å². The summed E-state index contributed by atoms with van der Waals surface area (Å²) in [6, 6.07) is 11.1. The Morgan fingerprint density at radius 1 is 1.27 bits per heavy atom. The molecule has 1 aliphatic rings. The van der Waals surface area contributed by atoms with Crippen molar-refractivity contribution in [2.45, 2.75) is 39.3 Å². The molecule has 2 N–H and O–H groups in total. The fourth-order valence-corrected chi connectivity index (χ4v) is 3.77. The summed E-state index contributed by atoms with van der Waals surface area (Å²) in [6.07, 6.45) is 4.15. The summed E-state index contributed by atoms with van der Waals surface area (Å²) in [7, 11) is 0. The number of nitrogens with zero attached hydrogens (tertiary/aromatic N) is 3. The fraction of sp³-hybridized carbons (Fsp3) is 0.474.